The molecule has 1 aromatic rings. The lowest BCUT2D eigenvalue weighted by Gasteiger charge is -2.07. The zero-order valence-corrected chi connectivity index (χ0v) is 10.0. The van der Waals surface area contributed by atoms with Crippen LogP contribution in [0.1, 0.15) is 38.7 Å². The van der Waals surface area contributed by atoms with Gasteiger partial charge in [-0.3, -0.25) is 4.72 Å². The topological polar surface area (TPSA) is 12.0 Å². The summed E-state index contributed by atoms with van der Waals surface area (Å²) in [7, 11) is 0. The van der Waals surface area contributed by atoms with Crippen LogP contribution >= 0.6 is 11.9 Å². The Bertz CT molecular complexity index is 271. The first-order chi connectivity index (χ1) is 6.74. The van der Waals surface area contributed by atoms with Gasteiger partial charge in [-0.15, -0.1) is 0 Å². The first-order valence-corrected chi connectivity index (χ1v) is 6.05. The zero-order valence-electron chi connectivity index (χ0n) is 9.21. The van der Waals surface area contributed by atoms with E-state index in [-0.39, 0.29) is 0 Å². The molecule has 78 valence electrons. The maximum Gasteiger partial charge on any atom is 0.0230 e. The molecule has 0 saturated carbocycles. The van der Waals surface area contributed by atoms with E-state index in [0.717, 1.165) is 6.54 Å². The van der Waals surface area contributed by atoms with Crippen molar-refractivity contribution in [2.45, 2.75) is 38.0 Å². The number of hydrogen-bond donors (Lipinski definition) is 1. The van der Waals surface area contributed by atoms with Gasteiger partial charge in [0.15, 0.2) is 0 Å². The fraction of sp³-hybridized carbons (Fsp3) is 0.500. The number of benzene rings is 1. The van der Waals surface area contributed by atoms with Crippen molar-refractivity contribution in [3.63, 3.8) is 0 Å². The van der Waals surface area contributed by atoms with Crippen LogP contribution in [0.5, 0.6) is 0 Å². The summed E-state index contributed by atoms with van der Waals surface area (Å²) in [6, 6.07) is 8.73. The Kier molecular flexibility index (Phi) is 5.05. The maximum atomic E-state index is 3.33. The lowest BCUT2D eigenvalue weighted by Crippen LogP contribution is -2.03. The van der Waals surface area contributed by atoms with Gasteiger partial charge in [0.2, 0.25) is 0 Å². The summed E-state index contributed by atoms with van der Waals surface area (Å²) in [5.74, 6) is 0.613. The van der Waals surface area contributed by atoms with Crippen LogP contribution in [0.3, 0.4) is 0 Å². The highest BCUT2D eigenvalue weighted by atomic mass is 32.2. The molecule has 1 aromatic carbocycles. The molecule has 0 unspecified atom stereocenters. The van der Waals surface area contributed by atoms with Gasteiger partial charge in [-0.25, -0.2) is 0 Å². The van der Waals surface area contributed by atoms with Crippen LogP contribution in [0.2, 0.25) is 0 Å². The number of hydrogen-bond acceptors (Lipinski definition) is 2. The molecule has 0 aliphatic carbocycles. The Hall–Kier alpha value is -0.470. The third-order valence-corrected chi connectivity index (χ3v) is 2.90. The Morgan fingerprint density at radius 3 is 2.79 bits per heavy atom. The van der Waals surface area contributed by atoms with Gasteiger partial charge in [-0.05, 0) is 42.0 Å². The third kappa shape index (κ3) is 3.72. The molecule has 0 amide bonds. The minimum Gasteiger partial charge on any atom is -0.260 e. The van der Waals surface area contributed by atoms with Crippen molar-refractivity contribution in [3.05, 3.63) is 29.8 Å². The summed E-state index contributed by atoms with van der Waals surface area (Å²) >= 11 is 1.73. The summed E-state index contributed by atoms with van der Waals surface area (Å²) in [5, 5.41) is 0. The monoisotopic (exact) mass is 209 g/mol. The van der Waals surface area contributed by atoms with Gasteiger partial charge in [0, 0.05) is 11.4 Å². The first-order valence-electron chi connectivity index (χ1n) is 5.23. The third-order valence-electron chi connectivity index (χ3n) is 2.07. The van der Waals surface area contributed by atoms with E-state index in [9.17, 15) is 0 Å². The standard InChI is InChI=1S/C12H19NS/c1-4-8-13-14-12-7-5-6-11(9-12)10(2)3/h5-7,9-10,13H,4,8H2,1-3H3. The highest BCUT2D eigenvalue weighted by Gasteiger charge is 1.99. The lowest BCUT2D eigenvalue weighted by atomic mass is 10.0. The predicted octanol–water partition coefficient (Wildman–Crippen LogP) is 3.82. The Morgan fingerprint density at radius 1 is 1.36 bits per heavy atom. The van der Waals surface area contributed by atoms with Crippen LogP contribution in [0, 0.1) is 0 Å². The number of rotatable bonds is 5. The molecule has 0 aliphatic heterocycles. The molecule has 0 spiro atoms. The summed E-state index contributed by atoms with van der Waals surface area (Å²) < 4.78 is 3.33. The van der Waals surface area contributed by atoms with Gasteiger partial charge >= 0.3 is 0 Å². The first kappa shape index (κ1) is 11.6. The molecule has 0 saturated heterocycles. The van der Waals surface area contributed by atoms with Crippen molar-refractivity contribution in [2.24, 2.45) is 0 Å². The van der Waals surface area contributed by atoms with Crippen LogP contribution in [-0.2, 0) is 0 Å². The van der Waals surface area contributed by atoms with Crippen LogP contribution in [-0.4, -0.2) is 6.54 Å². The quantitative estimate of drug-likeness (QED) is 0.584. The Labute approximate surface area is 91.4 Å². The molecule has 0 bridgehead atoms. The SMILES string of the molecule is CCCNSc1cccc(C(C)C)c1. The van der Waals surface area contributed by atoms with Crippen LogP contribution in [0.25, 0.3) is 0 Å². The molecule has 1 N–H and O–H groups in total. The summed E-state index contributed by atoms with van der Waals surface area (Å²) in [5.41, 5.74) is 1.41. The maximum absolute atomic E-state index is 3.33. The fourth-order valence-corrected chi connectivity index (χ4v) is 1.99. The molecule has 0 heterocycles. The Morgan fingerprint density at radius 2 is 2.14 bits per heavy atom. The van der Waals surface area contributed by atoms with E-state index in [2.05, 4.69) is 49.8 Å². The molecule has 0 atom stereocenters. The molecule has 2 heteroatoms. The molecule has 1 nitrogen and oxygen atoms in total. The Balaban J connectivity index is 2.55. The molecular formula is C12H19NS. The molecule has 1 rings (SSSR count). The van der Waals surface area contributed by atoms with E-state index >= 15 is 0 Å². The average Bonchev–Trinajstić information content (AvgIpc) is 2.19. The molecule has 0 fully saturated rings. The van der Waals surface area contributed by atoms with E-state index in [1.54, 1.807) is 11.9 Å². The van der Waals surface area contributed by atoms with E-state index in [1.165, 1.54) is 16.9 Å². The largest absolute Gasteiger partial charge is 0.260 e. The predicted molar refractivity (Wildman–Crippen MR) is 64.7 cm³/mol. The molecule has 0 aromatic heterocycles. The van der Waals surface area contributed by atoms with Gasteiger partial charge in [0.25, 0.3) is 0 Å². The second-order valence-electron chi connectivity index (χ2n) is 3.72. The summed E-state index contributed by atoms with van der Waals surface area (Å²) in [6.45, 7) is 7.70. The summed E-state index contributed by atoms with van der Waals surface area (Å²) in [4.78, 5) is 1.31. The van der Waals surface area contributed by atoms with Crippen LogP contribution < -0.4 is 4.72 Å². The summed E-state index contributed by atoms with van der Waals surface area (Å²) in [6.07, 6.45) is 1.18. The minimum atomic E-state index is 0.613. The van der Waals surface area contributed by atoms with Gasteiger partial charge < -0.3 is 0 Å². The average molecular weight is 209 g/mol. The normalized spacial score (nSPS) is 10.9. The zero-order chi connectivity index (χ0) is 10.4. The molecule has 0 radical (unpaired) electrons. The van der Waals surface area contributed by atoms with E-state index in [1.807, 2.05) is 0 Å². The highest BCUT2D eigenvalue weighted by molar-refractivity contribution is 7.97. The second-order valence-corrected chi connectivity index (χ2v) is 4.69. The van der Waals surface area contributed by atoms with Crippen LogP contribution in [0.4, 0.5) is 0 Å². The van der Waals surface area contributed by atoms with Crippen molar-refractivity contribution in [1.82, 2.24) is 4.72 Å². The van der Waals surface area contributed by atoms with E-state index < -0.39 is 0 Å². The smallest absolute Gasteiger partial charge is 0.0230 e. The van der Waals surface area contributed by atoms with Crippen molar-refractivity contribution in [2.75, 3.05) is 6.54 Å². The molecule has 14 heavy (non-hydrogen) atoms. The van der Waals surface area contributed by atoms with E-state index in [0.29, 0.717) is 5.92 Å². The van der Waals surface area contributed by atoms with Crippen molar-refractivity contribution >= 4 is 11.9 Å². The molecule has 0 aliphatic rings. The lowest BCUT2D eigenvalue weighted by molar-refractivity contribution is 0.859. The number of nitrogens with one attached hydrogen (secondary N) is 1. The van der Waals surface area contributed by atoms with Gasteiger partial charge in [-0.1, -0.05) is 32.9 Å². The minimum absolute atomic E-state index is 0.613. The van der Waals surface area contributed by atoms with Crippen LogP contribution in [0.15, 0.2) is 29.2 Å². The van der Waals surface area contributed by atoms with Crippen molar-refractivity contribution < 1.29 is 0 Å². The van der Waals surface area contributed by atoms with Gasteiger partial charge in [-0.2, -0.15) is 0 Å². The fourth-order valence-electron chi connectivity index (χ4n) is 1.17. The van der Waals surface area contributed by atoms with Gasteiger partial charge in [0.1, 0.15) is 0 Å². The van der Waals surface area contributed by atoms with E-state index in [4.69, 9.17) is 0 Å². The van der Waals surface area contributed by atoms with Crippen molar-refractivity contribution in [3.8, 4) is 0 Å². The second kappa shape index (κ2) is 6.10. The van der Waals surface area contributed by atoms with Crippen molar-refractivity contribution in [1.29, 1.82) is 0 Å². The van der Waals surface area contributed by atoms with Gasteiger partial charge in [0.05, 0.1) is 0 Å². The highest BCUT2D eigenvalue weighted by Crippen LogP contribution is 2.20. The molecular weight excluding hydrogens is 190 g/mol.